The van der Waals surface area contributed by atoms with E-state index in [1.165, 1.54) is 0 Å². The first-order chi connectivity index (χ1) is 13.6. The summed E-state index contributed by atoms with van der Waals surface area (Å²) in [5, 5.41) is 2.87. The monoisotopic (exact) mass is 390 g/mol. The second kappa shape index (κ2) is 9.76. The summed E-state index contributed by atoms with van der Waals surface area (Å²) in [5.74, 6) is 1.03. The van der Waals surface area contributed by atoms with Crippen molar-refractivity contribution in [3.05, 3.63) is 96.1 Å². The van der Waals surface area contributed by atoms with Crippen LogP contribution in [0.25, 0.3) is 0 Å². The Morgan fingerprint density at radius 2 is 1.46 bits per heavy atom. The van der Waals surface area contributed by atoms with Crippen LogP contribution in [0.15, 0.2) is 84.9 Å². The topological polar surface area (TPSA) is 49.4 Å². The predicted molar refractivity (Wildman–Crippen MR) is 117 cm³/mol. The number of hydrogen-bond donors (Lipinski definition) is 1. The van der Waals surface area contributed by atoms with E-state index in [-0.39, 0.29) is 11.8 Å². The second-order valence-corrected chi connectivity index (χ2v) is 7.29. The van der Waals surface area contributed by atoms with E-state index in [1.807, 2.05) is 84.9 Å². The number of amides is 2. The molecule has 0 atom stereocenters. The van der Waals surface area contributed by atoms with E-state index in [9.17, 15) is 9.59 Å². The third kappa shape index (κ3) is 5.47. The van der Waals surface area contributed by atoms with Gasteiger partial charge in [-0.3, -0.25) is 9.59 Å². The summed E-state index contributed by atoms with van der Waals surface area (Å²) >= 11 is 1.54. The van der Waals surface area contributed by atoms with Crippen molar-refractivity contribution in [1.29, 1.82) is 0 Å². The molecule has 0 radical (unpaired) electrons. The number of carbonyl (C=O) groups excluding carboxylic acids is 2. The van der Waals surface area contributed by atoms with Gasteiger partial charge < -0.3 is 10.2 Å². The molecular formula is C23H22N2O2S. The Bertz CT molecular complexity index is 912. The largest absolute Gasteiger partial charge is 0.325 e. The Kier molecular flexibility index (Phi) is 6.87. The van der Waals surface area contributed by atoms with E-state index < -0.39 is 0 Å². The van der Waals surface area contributed by atoms with Gasteiger partial charge in [-0.15, -0.1) is 11.8 Å². The SMILES string of the molecule is CN(C(=O)c1ccc(CSCC(=O)Nc2ccccc2)cc1)c1ccccc1. The van der Waals surface area contributed by atoms with Crippen LogP contribution in [0.3, 0.4) is 0 Å². The lowest BCUT2D eigenvalue weighted by molar-refractivity contribution is -0.113. The van der Waals surface area contributed by atoms with Crippen molar-refractivity contribution >= 4 is 35.0 Å². The highest BCUT2D eigenvalue weighted by Gasteiger charge is 2.13. The number of carbonyl (C=O) groups is 2. The molecule has 4 nitrogen and oxygen atoms in total. The van der Waals surface area contributed by atoms with Gasteiger partial charge in [0.1, 0.15) is 0 Å². The van der Waals surface area contributed by atoms with Gasteiger partial charge >= 0.3 is 0 Å². The minimum absolute atomic E-state index is 0.0208. The van der Waals surface area contributed by atoms with Gasteiger partial charge in [-0.1, -0.05) is 48.5 Å². The maximum absolute atomic E-state index is 12.6. The molecule has 0 heterocycles. The van der Waals surface area contributed by atoms with Crippen molar-refractivity contribution in [2.75, 3.05) is 23.0 Å². The Balaban J connectivity index is 1.49. The fourth-order valence-corrected chi connectivity index (χ4v) is 3.47. The molecule has 28 heavy (non-hydrogen) atoms. The molecule has 0 saturated heterocycles. The van der Waals surface area contributed by atoms with Gasteiger partial charge in [-0.2, -0.15) is 0 Å². The quantitative estimate of drug-likeness (QED) is 0.628. The van der Waals surface area contributed by atoms with Gasteiger partial charge in [0.15, 0.2) is 0 Å². The number of anilines is 2. The minimum atomic E-state index is -0.0485. The molecule has 0 aromatic heterocycles. The van der Waals surface area contributed by atoms with Crippen LogP contribution in [-0.2, 0) is 10.5 Å². The summed E-state index contributed by atoms with van der Waals surface area (Å²) in [6.07, 6.45) is 0. The fourth-order valence-electron chi connectivity index (χ4n) is 2.69. The van der Waals surface area contributed by atoms with Crippen molar-refractivity contribution in [3.63, 3.8) is 0 Å². The number of hydrogen-bond acceptors (Lipinski definition) is 3. The van der Waals surface area contributed by atoms with Gasteiger partial charge in [0.2, 0.25) is 5.91 Å². The Labute approximate surface area is 169 Å². The van der Waals surface area contributed by atoms with Crippen LogP contribution in [0.5, 0.6) is 0 Å². The molecule has 0 aliphatic heterocycles. The zero-order valence-corrected chi connectivity index (χ0v) is 16.5. The second-order valence-electron chi connectivity index (χ2n) is 6.30. The van der Waals surface area contributed by atoms with Crippen LogP contribution in [-0.4, -0.2) is 24.6 Å². The van der Waals surface area contributed by atoms with E-state index in [1.54, 1.807) is 23.7 Å². The van der Waals surface area contributed by atoms with Crippen molar-refractivity contribution < 1.29 is 9.59 Å². The standard InChI is InChI=1S/C23H22N2O2S/c1-25(21-10-6-3-7-11-21)23(27)19-14-12-18(13-15-19)16-28-17-22(26)24-20-8-4-2-5-9-20/h2-15H,16-17H2,1H3,(H,24,26). The molecule has 3 aromatic rings. The van der Waals surface area contributed by atoms with Gasteiger partial charge in [0.25, 0.3) is 5.91 Å². The molecule has 3 rings (SSSR count). The maximum atomic E-state index is 12.6. The summed E-state index contributed by atoms with van der Waals surface area (Å²) in [4.78, 5) is 26.2. The lowest BCUT2D eigenvalue weighted by Crippen LogP contribution is -2.26. The van der Waals surface area contributed by atoms with Crippen LogP contribution < -0.4 is 10.2 Å². The van der Waals surface area contributed by atoms with Gasteiger partial charge in [0.05, 0.1) is 5.75 Å². The van der Waals surface area contributed by atoms with E-state index in [0.29, 0.717) is 17.1 Å². The van der Waals surface area contributed by atoms with E-state index in [4.69, 9.17) is 0 Å². The lowest BCUT2D eigenvalue weighted by atomic mass is 10.1. The number of para-hydroxylation sites is 2. The van der Waals surface area contributed by atoms with E-state index in [0.717, 1.165) is 16.9 Å². The highest BCUT2D eigenvalue weighted by atomic mass is 32.2. The first kappa shape index (κ1) is 19.7. The Morgan fingerprint density at radius 1 is 0.857 bits per heavy atom. The normalized spacial score (nSPS) is 10.3. The zero-order valence-electron chi connectivity index (χ0n) is 15.7. The van der Waals surface area contributed by atoms with Crippen LogP contribution in [0.1, 0.15) is 15.9 Å². The third-order valence-corrected chi connectivity index (χ3v) is 5.21. The molecule has 3 aromatic carbocycles. The molecule has 5 heteroatoms. The maximum Gasteiger partial charge on any atom is 0.258 e. The average Bonchev–Trinajstić information content (AvgIpc) is 2.74. The molecule has 0 unspecified atom stereocenters. The molecule has 0 bridgehead atoms. The van der Waals surface area contributed by atoms with E-state index >= 15 is 0 Å². The molecule has 142 valence electrons. The predicted octanol–water partition coefficient (Wildman–Crippen LogP) is 4.84. The molecule has 0 saturated carbocycles. The van der Waals surface area contributed by atoms with Crippen LogP contribution >= 0.6 is 11.8 Å². The first-order valence-corrected chi connectivity index (χ1v) is 10.1. The van der Waals surface area contributed by atoms with Crippen molar-refractivity contribution in [1.82, 2.24) is 0 Å². The van der Waals surface area contributed by atoms with Gasteiger partial charge in [0, 0.05) is 29.7 Å². The van der Waals surface area contributed by atoms with Crippen LogP contribution in [0.2, 0.25) is 0 Å². The average molecular weight is 391 g/mol. The molecule has 1 N–H and O–H groups in total. The minimum Gasteiger partial charge on any atom is -0.325 e. The summed E-state index contributed by atoms with van der Waals surface area (Å²) in [6, 6.07) is 26.5. The Hall–Kier alpha value is -3.05. The fraction of sp³-hybridized carbons (Fsp3) is 0.130. The van der Waals surface area contributed by atoms with Crippen molar-refractivity contribution in [3.8, 4) is 0 Å². The number of nitrogens with one attached hydrogen (secondary N) is 1. The van der Waals surface area contributed by atoms with Crippen molar-refractivity contribution in [2.24, 2.45) is 0 Å². The molecule has 0 spiro atoms. The molecule has 0 aliphatic rings. The summed E-state index contributed by atoms with van der Waals surface area (Å²) in [5.41, 5.74) is 3.38. The number of nitrogens with zero attached hydrogens (tertiary/aromatic N) is 1. The Morgan fingerprint density at radius 3 is 2.11 bits per heavy atom. The summed E-state index contributed by atoms with van der Waals surface area (Å²) in [6.45, 7) is 0. The zero-order chi connectivity index (χ0) is 19.8. The third-order valence-electron chi connectivity index (χ3n) is 4.21. The summed E-state index contributed by atoms with van der Waals surface area (Å²) < 4.78 is 0. The molecule has 0 aliphatic carbocycles. The highest BCUT2D eigenvalue weighted by molar-refractivity contribution is 7.99. The smallest absolute Gasteiger partial charge is 0.258 e. The van der Waals surface area contributed by atoms with Crippen molar-refractivity contribution in [2.45, 2.75) is 5.75 Å². The highest BCUT2D eigenvalue weighted by Crippen LogP contribution is 2.17. The number of rotatable bonds is 7. The van der Waals surface area contributed by atoms with Gasteiger partial charge in [-0.25, -0.2) is 0 Å². The van der Waals surface area contributed by atoms with Crippen LogP contribution in [0.4, 0.5) is 11.4 Å². The lowest BCUT2D eigenvalue weighted by Gasteiger charge is -2.17. The molecule has 0 fully saturated rings. The molecule has 2 amide bonds. The van der Waals surface area contributed by atoms with Gasteiger partial charge in [-0.05, 0) is 42.0 Å². The number of benzene rings is 3. The first-order valence-electron chi connectivity index (χ1n) is 8.98. The molecular weight excluding hydrogens is 368 g/mol. The number of thioether (sulfide) groups is 1. The summed E-state index contributed by atoms with van der Waals surface area (Å²) in [7, 11) is 1.77. The van der Waals surface area contributed by atoms with E-state index in [2.05, 4.69) is 5.32 Å². The van der Waals surface area contributed by atoms with Crippen LogP contribution in [0, 0.1) is 0 Å².